The number of ketones is 1. The summed E-state index contributed by atoms with van der Waals surface area (Å²) in [6.45, 7) is 8.39. The van der Waals surface area contributed by atoms with Crippen LogP contribution in [0, 0.1) is 0 Å². The van der Waals surface area contributed by atoms with Crippen molar-refractivity contribution in [2.45, 2.75) is 51.7 Å². The molecule has 1 amide bonds. The van der Waals surface area contributed by atoms with Crippen LogP contribution in [0.1, 0.15) is 45.0 Å². The number of esters is 1. The number of rotatable bonds is 5. The van der Waals surface area contributed by atoms with Crippen molar-refractivity contribution in [3.05, 3.63) is 30.0 Å². The Balaban J connectivity index is 2.54. The van der Waals surface area contributed by atoms with Gasteiger partial charge in [0.15, 0.2) is 5.78 Å². The van der Waals surface area contributed by atoms with Crippen molar-refractivity contribution in [3.8, 4) is 0 Å². The van der Waals surface area contributed by atoms with Crippen LogP contribution in [-0.2, 0) is 30.5 Å². The van der Waals surface area contributed by atoms with Crippen LogP contribution >= 0.6 is 0 Å². The Morgan fingerprint density at radius 2 is 1.86 bits per heavy atom. The largest absolute Gasteiger partial charge is 0.465 e. The number of carbonyl (C=O) groups excluding carboxylic acids is 3. The summed E-state index contributed by atoms with van der Waals surface area (Å²) in [5.74, 6) is -0.635. The number of carbonyl (C=O) groups is 3. The lowest BCUT2D eigenvalue weighted by atomic mass is 10.1. The lowest BCUT2D eigenvalue weighted by molar-refractivity contribution is -0.143. The first-order chi connectivity index (χ1) is 13.3. The first-order valence-corrected chi connectivity index (χ1v) is 11.0. The molecule has 2 rings (SSSR count). The number of aromatic nitrogens is 1. The van der Waals surface area contributed by atoms with Gasteiger partial charge < -0.3 is 14.0 Å². The van der Waals surface area contributed by atoms with E-state index in [9.17, 15) is 18.6 Å². The van der Waals surface area contributed by atoms with Gasteiger partial charge in [-0.25, -0.2) is 9.00 Å². The minimum Gasteiger partial charge on any atom is -0.465 e. The summed E-state index contributed by atoms with van der Waals surface area (Å²) in [4.78, 5) is 36.2. The summed E-state index contributed by atoms with van der Waals surface area (Å²) < 4.78 is 28.5. The molecule has 0 aliphatic heterocycles. The molecule has 29 heavy (non-hydrogen) atoms. The van der Waals surface area contributed by atoms with Crippen LogP contribution in [0.5, 0.6) is 0 Å². The van der Waals surface area contributed by atoms with Gasteiger partial charge in [0.05, 0.1) is 16.3 Å². The van der Waals surface area contributed by atoms with Crippen LogP contribution < -0.4 is 0 Å². The number of Topliss-reactive ketones (excluding diaryl/α,β-unsaturated/α-hetero) is 1. The lowest BCUT2D eigenvalue weighted by Gasteiger charge is -2.17. The molecule has 0 radical (unpaired) electrons. The summed E-state index contributed by atoms with van der Waals surface area (Å²) in [6.07, 6.45) is 1.98. The molecule has 0 N–H and O–H groups in total. The molecule has 1 aromatic heterocycles. The van der Waals surface area contributed by atoms with E-state index in [2.05, 4.69) is 4.36 Å². The van der Waals surface area contributed by atoms with Crippen molar-refractivity contribution in [2.24, 2.45) is 4.36 Å². The standard InChI is InChI=1S/C20H26N2O6S/c1-7-27-18(24)12-22-11-16(13(2)23)15-10-14(8-9-17(15)22)29(6,26)21-19(25)28-20(3,4)5/h8-11H,7,12H2,1-6H3. The van der Waals surface area contributed by atoms with Crippen LogP contribution in [-0.4, -0.2) is 45.1 Å². The number of ether oxygens (including phenoxy) is 2. The molecule has 1 aromatic carbocycles. The number of hydrogen-bond acceptors (Lipinski definition) is 6. The van der Waals surface area contributed by atoms with E-state index in [1.54, 1.807) is 56.7 Å². The van der Waals surface area contributed by atoms with E-state index < -0.39 is 27.4 Å². The molecule has 0 spiro atoms. The maximum Gasteiger partial charge on any atom is 0.442 e. The highest BCUT2D eigenvalue weighted by molar-refractivity contribution is 7.93. The van der Waals surface area contributed by atoms with Crippen LogP contribution in [0.25, 0.3) is 10.9 Å². The number of hydrogen-bond donors (Lipinski definition) is 0. The van der Waals surface area contributed by atoms with Crippen LogP contribution in [0.2, 0.25) is 0 Å². The normalized spacial score (nSPS) is 13.6. The molecule has 1 atom stereocenters. The molecule has 1 heterocycles. The predicted octanol–water partition coefficient (Wildman–Crippen LogP) is 3.80. The smallest absolute Gasteiger partial charge is 0.442 e. The second-order valence-corrected chi connectivity index (χ2v) is 9.84. The van der Waals surface area contributed by atoms with Gasteiger partial charge in [-0.3, -0.25) is 9.59 Å². The Labute approximate surface area is 170 Å². The van der Waals surface area contributed by atoms with Crippen LogP contribution in [0.15, 0.2) is 33.7 Å². The Kier molecular flexibility index (Phi) is 6.52. The first kappa shape index (κ1) is 22.6. The summed E-state index contributed by atoms with van der Waals surface area (Å²) in [6, 6.07) is 4.76. The molecule has 2 aromatic rings. The second kappa shape index (κ2) is 8.36. The van der Waals surface area contributed by atoms with Crippen molar-refractivity contribution in [3.63, 3.8) is 0 Å². The first-order valence-electron chi connectivity index (χ1n) is 9.08. The third-order valence-corrected chi connectivity index (χ3v) is 5.54. The monoisotopic (exact) mass is 422 g/mol. The number of amides is 1. The minimum atomic E-state index is -3.10. The topological polar surface area (TPSA) is 104 Å². The lowest BCUT2D eigenvalue weighted by Crippen LogP contribution is -2.22. The SMILES string of the molecule is CCOC(=O)Cn1cc(C(C)=O)c2cc(S(C)(=O)=NC(=O)OC(C)(C)C)ccc21. The molecule has 0 bridgehead atoms. The molecule has 0 fully saturated rings. The maximum atomic E-state index is 13.0. The van der Waals surface area contributed by atoms with Crippen molar-refractivity contribution in [1.82, 2.24) is 4.57 Å². The molecule has 1 unspecified atom stereocenters. The van der Waals surface area contributed by atoms with Crippen LogP contribution in [0.3, 0.4) is 0 Å². The highest BCUT2D eigenvalue weighted by Crippen LogP contribution is 2.26. The predicted molar refractivity (Wildman–Crippen MR) is 110 cm³/mol. The third-order valence-electron chi connectivity index (χ3n) is 3.92. The highest BCUT2D eigenvalue weighted by atomic mass is 32.2. The fraction of sp³-hybridized carbons (Fsp3) is 0.450. The average Bonchev–Trinajstić information content (AvgIpc) is 2.91. The van der Waals surface area contributed by atoms with Gasteiger partial charge in [-0.1, -0.05) is 0 Å². The van der Waals surface area contributed by atoms with Gasteiger partial charge in [0, 0.05) is 33.8 Å². The van der Waals surface area contributed by atoms with Crippen molar-refractivity contribution < 1.29 is 28.1 Å². The van der Waals surface area contributed by atoms with Gasteiger partial charge in [-0.15, -0.1) is 4.36 Å². The Hall–Kier alpha value is -2.68. The average molecular weight is 423 g/mol. The van der Waals surface area contributed by atoms with E-state index in [1.165, 1.54) is 13.2 Å². The minimum absolute atomic E-state index is 0.0548. The van der Waals surface area contributed by atoms with E-state index in [0.717, 1.165) is 0 Å². The summed E-state index contributed by atoms with van der Waals surface area (Å²) in [7, 11) is -3.10. The van der Waals surface area contributed by atoms with Gasteiger partial charge in [-0.2, -0.15) is 0 Å². The molecule has 8 nitrogen and oxygen atoms in total. The van der Waals surface area contributed by atoms with Crippen molar-refractivity contribution in [2.75, 3.05) is 12.9 Å². The van der Waals surface area contributed by atoms with Gasteiger partial charge in [0.1, 0.15) is 12.1 Å². The number of benzene rings is 1. The van der Waals surface area contributed by atoms with Gasteiger partial charge in [-0.05, 0) is 52.8 Å². The van der Waals surface area contributed by atoms with Crippen molar-refractivity contribution in [1.29, 1.82) is 0 Å². The maximum absolute atomic E-state index is 13.0. The van der Waals surface area contributed by atoms with Crippen LogP contribution in [0.4, 0.5) is 4.79 Å². The molecule has 158 valence electrons. The molecular formula is C20H26N2O6S. The molecule has 0 saturated heterocycles. The zero-order valence-electron chi connectivity index (χ0n) is 17.5. The summed E-state index contributed by atoms with van der Waals surface area (Å²) in [5.41, 5.74) is 0.227. The molecule has 0 aliphatic rings. The fourth-order valence-electron chi connectivity index (χ4n) is 2.74. The Bertz CT molecular complexity index is 1080. The zero-order chi connectivity index (χ0) is 22.0. The summed E-state index contributed by atoms with van der Waals surface area (Å²) in [5, 5.41) is 0.522. The van der Waals surface area contributed by atoms with E-state index in [-0.39, 0.29) is 23.8 Å². The molecular weight excluding hydrogens is 396 g/mol. The summed E-state index contributed by atoms with van der Waals surface area (Å²) >= 11 is 0. The molecule has 9 heteroatoms. The van der Waals surface area contributed by atoms with E-state index >= 15 is 0 Å². The molecule has 0 aliphatic carbocycles. The van der Waals surface area contributed by atoms with Crippen molar-refractivity contribution >= 4 is 38.5 Å². The van der Waals surface area contributed by atoms with E-state index in [1.807, 2.05) is 0 Å². The second-order valence-electron chi connectivity index (χ2n) is 7.58. The van der Waals surface area contributed by atoms with E-state index in [4.69, 9.17) is 9.47 Å². The third kappa shape index (κ3) is 5.66. The van der Waals surface area contributed by atoms with Gasteiger partial charge in [0.25, 0.3) is 0 Å². The van der Waals surface area contributed by atoms with Gasteiger partial charge >= 0.3 is 12.1 Å². The van der Waals surface area contributed by atoms with E-state index in [0.29, 0.717) is 16.5 Å². The highest BCUT2D eigenvalue weighted by Gasteiger charge is 2.20. The number of fused-ring (bicyclic) bond motifs is 1. The quantitative estimate of drug-likeness (QED) is 0.536. The zero-order valence-corrected chi connectivity index (χ0v) is 18.3. The van der Waals surface area contributed by atoms with Gasteiger partial charge in [0.2, 0.25) is 0 Å². The Morgan fingerprint density at radius 3 is 2.41 bits per heavy atom. The Morgan fingerprint density at radius 1 is 1.21 bits per heavy atom. The molecule has 0 saturated carbocycles. The number of nitrogens with zero attached hydrogens (tertiary/aromatic N) is 2. The fourth-order valence-corrected chi connectivity index (χ4v) is 3.83.